The number of aromatic nitrogens is 2. The molecule has 1 heterocycles. The number of aliphatic hydroxyl groups is 1. The van der Waals surface area contributed by atoms with E-state index in [1.165, 1.54) is 4.68 Å². The first-order chi connectivity index (χ1) is 8.63. The van der Waals surface area contributed by atoms with Crippen LogP contribution in [-0.4, -0.2) is 41.3 Å². The SMILES string of the molecule is CCC(COC)Nc1cnn(CCO)c(=O)c1Br. The lowest BCUT2D eigenvalue weighted by Gasteiger charge is -2.18. The number of hydrogen-bond donors (Lipinski definition) is 2. The van der Waals surface area contributed by atoms with E-state index in [1.807, 2.05) is 6.92 Å². The normalized spacial score (nSPS) is 12.4. The summed E-state index contributed by atoms with van der Waals surface area (Å²) in [5.41, 5.74) is 0.374. The van der Waals surface area contributed by atoms with Gasteiger partial charge in [-0.15, -0.1) is 0 Å². The molecule has 1 aromatic rings. The molecule has 1 rings (SSSR count). The average molecular weight is 320 g/mol. The van der Waals surface area contributed by atoms with Crippen LogP contribution in [0.5, 0.6) is 0 Å². The van der Waals surface area contributed by atoms with Gasteiger partial charge in [0.25, 0.3) is 5.56 Å². The van der Waals surface area contributed by atoms with E-state index in [9.17, 15) is 4.79 Å². The second kappa shape index (κ2) is 7.50. The van der Waals surface area contributed by atoms with E-state index < -0.39 is 0 Å². The minimum atomic E-state index is -0.263. The molecule has 0 aromatic carbocycles. The number of halogens is 1. The van der Waals surface area contributed by atoms with E-state index in [0.29, 0.717) is 16.8 Å². The highest BCUT2D eigenvalue weighted by atomic mass is 79.9. The van der Waals surface area contributed by atoms with Crippen LogP contribution in [0.3, 0.4) is 0 Å². The first-order valence-electron chi connectivity index (χ1n) is 5.76. The quantitative estimate of drug-likeness (QED) is 0.778. The van der Waals surface area contributed by atoms with Crippen LogP contribution in [0.15, 0.2) is 15.5 Å². The van der Waals surface area contributed by atoms with Crippen LogP contribution in [0.25, 0.3) is 0 Å². The van der Waals surface area contributed by atoms with Crippen molar-refractivity contribution in [2.75, 3.05) is 25.6 Å². The Hall–Kier alpha value is -0.920. The molecule has 18 heavy (non-hydrogen) atoms. The van der Waals surface area contributed by atoms with Crippen LogP contribution in [0.1, 0.15) is 13.3 Å². The largest absolute Gasteiger partial charge is 0.394 e. The zero-order valence-corrected chi connectivity index (χ0v) is 12.1. The molecule has 0 spiro atoms. The molecule has 1 aromatic heterocycles. The molecule has 0 aliphatic carbocycles. The highest BCUT2D eigenvalue weighted by Crippen LogP contribution is 2.17. The third-order valence-corrected chi connectivity index (χ3v) is 3.28. The Balaban J connectivity index is 2.91. The van der Waals surface area contributed by atoms with Gasteiger partial charge in [0.1, 0.15) is 4.47 Å². The summed E-state index contributed by atoms with van der Waals surface area (Å²) in [4.78, 5) is 11.9. The summed E-state index contributed by atoms with van der Waals surface area (Å²) in [6.45, 7) is 2.66. The van der Waals surface area contributed by atoms with Crippen molar-refractivity contribution < 1.29 is 9.84 Å². The molecule has 0 fully saturated rings. The molecule has 0 bridgehead atoms. The van der Waals surface area contributed by atoms with Crippen molar-refractivity contribution in [3.05, 3.63) is 21.0 Å². The molecule has 0 saturated carbocycles. The maximum atomic E-state index is 11.9. The maximum Gasteiger partial charge on any atom is 0.283 e. The predicted octanol–water partition coefficient (Wildman–Crippen LogP) is 0.835. The van der Waals surface area contributed by atoms with Gasteiger partial charge in [0.15, 0.2) is 0 Å². The molecule has 2 N–H and O–H groups in total. The van der Waals surface area contributed by atoms with E-state index in [0.717, 1.165) is 6.42 Å². The third kappa shape index (κ3) is 3.79. The second-order valence-electron chi connectivity index (χ2n) is 3.83. The van der Waals surface area contributed by atoms with Crippen LogP contribution < -0.4 is 10.9 Å². The van der Waals surface area contributed by atoms with Crippen molar-refractivity contribution in [3.63, 3.8) is 0 Å². The topological polar surface area (TPSA) is 76.4 Å². The Morgan fingerprint density at radius 3 is 2.94 bits per heavy atom. The number of nitrogens with zero attached hydrogens (tertiary/aromatic N) is 2. The van der Waals surface area contributed by atoms with Gasteiger partial charge in [-0.1, -0.05) is 6.92 Å². The van der Waals surface area contributed by atoms with E-state index in [4.69, 9.17) is 9.84 Å². The van der Waals surface area contributed by atoms with E-state index in [-0.39, 0.29) is 24.8 Å². The van der Waals surface area contributed by atoms with Crippen molar-refractivity contribution >= 4 is 21.6 Å². The third-order valence-electron chi connectivity index (χ3n) is 2.52. The van der Waals surface area contributed by atoms with E-state index in [1.54, 1.807) is 13.3 Å². The Morgan fingerprint density at radius 1 is 1.67 bits per heavy atom. The first kappa shape index (κ1) is 15.1. The van der Waals surface area contributed by atoms with E-state index in [2.05, 4.69) is 26.3 Å². The number of aliphatic hydroxyl groups excluding tert-OH is 1. The Labute approximate surface area is 114 Å². The minimum Gasteiger partial charge on any atom is -0.394 e. The lowest BCUT2D eigenvalue weighted by atomic mass is 10.2. The van der Waals surface area contributed by atoms with Gasteiger partial charge in [0.2, 0.25) is 0 Å². The maximum absolute atomic E-state index is 11.9. The summed E-state index contributed by atoms with van der Waals surface area (Å²) in [6.07, 6.45) is 2.44. The van der Waals surface area contributed by atoms with Gasteiger partial charge in [0.05, 0.1) is 31.6 Å². The van der Waals surface area contributed by atoms with Crippen LogP contribution >= 0.6 is 15.9 Å². The average Bonchev–Trinajstić information content (AvgIpc) is 2.37. The van der Waals surface area contributed by atoms with Crippen molar-refractivity contribution in [2.45, 2.75) is 25.9 Å². The number of methoxy groups -OCH3 is 1. The molecule has 0 saturated heterocycles. The highest BCUT2D eigenvalue weighted by Gasteiger charge is 2.12. The molecule has 0 aliphatic heterocycles. The fourth-order valence-corrected chi connectivity index (χ4v) is 1.92. The van der Waals surface area contributed by atoms with Crippen molar-refractivity contribution in [1.29, 1.82) is 0 Å². The molecular formula is C11H18BrN3O3. The monoisotopic (exact) mass is 319 g/mol. The first-order valence-corrected chi connectivity index (χ1v) is 6.55. The van der Waals surface area contributed by atoms with Crippen LogP contribution in [-0.2, 0) is 11.3 Å². The minimum absolute atomic E-state index is 0.118. The number of rotatable bonds is 7. The van der Waals surface area contributed by atoms with Gasteiger partial charge in [-0.3, -0.25) is 4.79 Å². The zero-order chi connectivity index (χ0) is 13.5. The van der Waals surface area contributed by atoms with Gasteiger partial charge in [-0.25, -0.2) is 4.68 Å². The standard InChI is InChI=1S/C11H18BrN3O3/c1-3-8(7-18-2)14-9-6-13-15(4-5-16)11(17)10(9)12/h6,8,14,16H,3-5,7H2,1-2H3. The number of ether oxygens (including phenoxy) is 1. The Kier molecular flexibility index (Phi) is 6.31. The summed E-state index contributed by atoms with van der Waals surface area (Å²) in [5.74, 6) is 0. The van der Waals surface area contributed by atoms with Crippen molar-refractivity contribution in [1.82, 2.24) is 9.78 Å². The van der Waals surface area contributed by atoms with Gasteiger partial charge in [0, 0.05) is 13.2 Å². The molecule has 0 amide bonds. The van der Waals surface area contributed by atoms with Crippen molar-refractivity contribution in [2.24, 2.45) is 0 Å². The van der Waals surface area contributed by atoms with Gasteiger partial charge < -0.3 is 15.2 Å². The van der Waals surface area contributed by atoms with Gasteiger partial charge >= 0.3 is 0 Å². The van der Waals surface area contributed by atoms with Crippen molar-refractivity contribution in [3.8, 4) is 0 Å². The molecule has 7 heteroatoms. The smallest absolute Gasteiger partial charge is 0.283 e. The van der Waals surface area contributed by atoms with Crippen LogP contribution in [0.2, 0.25) is 0 Å². The molecule has 0 aliphatic rings. The molecular weight excluding hydrogens is 302 g/mol. The van der Waals surface area contributed by atoms with Gasteiger partial charge in [-0.2, -0.15) is 5.10 Å². The summed E-state index contributed by atoms with van der Waals surface area (Å²) in [5, 5.41) is 16.0. The summed E-state index contributed by atoms with van der Waals surface area (Å²) in [7, 11) is 1.64. The van der Waals surface area contributed by atoms with E-state index >= 15 is 0 Å². The fraction of sp³-hybridized carbons (Fsp3) is 0.636. The Morgan fingerprint density at radius 2 is 2.39 bits per heavy atom. The fourth-order valence-electron chi connectivity index (χ4n) is 1.50. The summed E-state index contributed by atoms with van der Waals surface area (Å²) < 4.78 is 6.72. The molecule has 6 nitrogen and oxygen atoms in total. The van der Waals surface area contributed by atoms with Gasteiger partial charge in [-0.05, 0) is 22.4 Å². The predicted molar refractivity (Wildman–Crippen MR) is 72.9 cm³/mol. The number of anilines is 1. The summed E-state index contributed by atoms with van der Waals surface area (Å²) >= 11 is 3.25. The highest BCUT2D eigenvalue weighted by molar-refractivity contribution is 9.10. The summed E-state index contributed by atoms with van der Waals surface area (Å²) in [6, 6.07) is 0.126. The number of hydrogen-bond acceptors (Lipinski definition) is 5. The lowest BCUT2D eigenvalue weighted by Crippen LogP contribution is -2.29. The lowest BCUT2D eigenvalue weighted by molar-refractivity contribution is 0.184. The zero-order valence-electron chi connectivity index (χ0n) is 10.5. The van der Waals surface area contributed by atoms with Crippen LogP contribution in [0, 0.1) is 0 Å². The molecule has 0 radical (unpaired) electrons. The molecule has 1 unspecified atom stereocenters. The second-order valence-corrected chi connectivity index (χ2v) is 4.62. The van der Waals surface area contributed by atoms with Crippen LogP contribution in [0.4, 0.5) is 5.69 Å². The molecule has 1 atom stereocenters. The number of nitrogens with one attached hydrogen (secondary N) is 1. The molecule has 102 valence electrons. The Bertz CT molecular complexity index is 436.